The molecule has 1 heterocycles. The molecule has 0 aromatic carbocycles. The number of carboxylic acid groups (broad SMARTS) is 1. The van der Waals surface area contributed by atoms with Gasteiger partial charge in [-0.2, -0.15) is 0 Å². The molecule has 0 saturated carbocycles. The molecule has 0 aliphatic rings. The van der Waals surface area contributed by atoms with E-state index in [9.17, 15) is 9.18 Å². The average Bonchev–Trinajstić information content (AvgIpc) is 2.25. The van der Waals surface area contributed by atoms with Crippen LogP contribution >= 0.6 is 0 Å². The molecule has 6 heteroatoms. The summed E-state index contributed by atoms with van der Waals surface area (Å²) in [4.78, 5) is 18.4. The average molecular weight is 241 g/mol. The van der Waals surface area contributed by atoms with Crippen LogP contribution in [-0.4, -0.2) is 27.6 Å². The number of carboxylic acids is 1. The predicted molar refractivity (Wildman–Crippen MR) is 61.1 cm³/mol. The van der Waals surface area contributed by atoms with Crippen molar-refractivity contribution in [2.45, 2.75) is 20.3 Å². The predicted octanol–water partition coefficient (Wildman–Crippen LogP) is 1.77. The van der Waals surface area contributed by atoms with Gasteiger partial charge in [-0.05, 0) is 12.3 Å². The van der Waals surface area contributed by atoms with Crippen molar-refractivity contribution in [1.82, 2.24) is 9.97 Å². The Morgan fingerprint density at radius 3 is 2.53 bits per heavy atom. The molecular weight excluding hydrogens is 225 g/mol. The summed E-state index contributed by atoms with van der Waals surface area (Å²) in [5.41, 5.74) is 0. The van der Waals surface area contributed by atoms with E-state index in [2.05, 4.69) is 15.3 Å². The Morgan fingerprint density at radius 1 is 1.47 bits per heavy atom. The van der Waals surface area contributed by atoms with E-state index in [1.165, 1.54) is 0 Å². The highest BCUT2D eigenvalue weighted by atomic mass is 19.1. The second kappa shape index (κ2) is 6.12. The summed E-state index contributed by atoms with van der Waals surface area (Å²) in [5, 5.41) is 11.8. The number of hydrogen-bond acceptors (Lipinski definition) is 4. The van der Waals surface area contributed by atoms with Crippen LogP contribution in [0.4, 0.5) is 10.3 Å². The highest BCUT2D eigenvalue weighted by molar-refractivity contribution is 5.70. The highest BCUT2D eigenvalue weighted by Gasteiger charge is 2.18. The molecule has 5 nitrogen and oxygen atoms in total. The number of hydrogen-bond donors (Lipinski definition) is 2. The molecule has 1 aromatic heterocycles. The third-order valence-corrected chi connectivity index (χ3v) is 2.23. The maximum atomic E-state index is 12.5. The lowest BCUT2D eigenvalue weighted by molar-refractivity contribution is -0.141. The number of nitrogens with one attached hydrogen (secondary N) is 1. The van der Waals surface area contributed by atoms with Crippen LogP contribution in [0.15, 0.2) is 12.4 Å². The minimum atomic E-state index is -0.853. The number of rotatable bonds is 6. The lowest BCUT2D eigenvalue weighted by atomic mass is 9.97. The SMILES string of the molecule is CC(C)CC(CNc1ncc(F)cn1)C(=O)O. The summed E-state index contributed by atoms with van der Waals surface area (Å²) in [6, 6.07) is 0. The Morgan fingerprint density at radius 2 is 2.06 bits per heavy atom. The zero-order valence-electron chi connectivity index (χ0n) is 9.85. The first-order valence-corrected chi connectivity index (χ1v) is 5.43. The van der Waals surface area contributed by atoms with Crippen LogP contribution in [-0.2, 0) is 4.79 Å². The number of halogens is 1. The normalized spacial score (nSPS) is 12.5. The molecule has 0 saturated heterocycles. The van der Waals surface area contributed by atoms with Crippen molar-refractivity contribution in [3.63, 3.8) is 0 Å². The van der Waals surface area contributed by atoms with E-state index < -0.39 is 17.7 Å². The van der Waals surface area contributed by atoms with Crippen LogP contribution in [0, 0.1) is 17.7 Å². The summed E-state index contributed by atoms with van der Waals surface area (Å²) < 4.78 is 12.5. The summed E-state index contributed by atoms with van der Waals surface area (Å²) in [7, 11) is 0. The third-order valence-electron chi connectivity index (χ3n) is 2.23. The van der Waals surface area contributed by atoms with Gasteiger partial charge in [0, 0.05) is 6.54 Å². The number of nitrogens with zero attached hydrogens (tertiary/aromatic N) is 2. The molecule has 0 bridgehead atoms. The maximum Gasteiger partial charge on any atom is 0.308 e. The van der Waals surface area contributed by atoms with Crippen LogP contribution in [0.5, 0.6) is 0 Å². The standard InChI is InChI=1S/C11H16FN3O2/c1-7(2)3-8(10(16)17)4-13-11-14-5-9(12)6-15-11/h5-8H,3-4H2,1-2H3,(H,16,17)(H,13,14,15). The Kier molecular flexibility index (Phi) is 4.81. The van der Waals surface area contributed by atoms with E-state index in [-0.39, 0.29) is 12.5 Å². The summed E-state index contributed by atoms with van der Waals surface area (Å²) >= 11 is 0. The van der Waals surface area contributed by atoms with E-state index in [0.29, 0.717) is 12.3 Å². The van der Waals surface area contributed by atoms with Crippen LogP contribution in [0.25, 0.3) is 0 Å². The van der Waals surface area contributed by atoms with Gasteiger partial charge in [-0.1, -0.05) is 13.8 Å². The van der Waals surface area contributed by atoms with E-state index in [4.69, 9.17) is 5.11 Å². The van der Waals surface area contributed by atoms with Gasteiger partial charge in [-0.25, -0.2) is 14.4 Å². The van der Waals surface area contributed by atoms with Gasteiger partial charge >= 0.3 is 5.97 Å². The van der Waals surface area contributed by atoms with Crippen molar-refractivity contribution in [2.24, 2.45) is 11.8 Å². The monoisotopic (exact) mass is 241 g/mol. The van der Waals surface area contributed by atoms with Gasteiger partial charge in [0.15, 0.2) is 5.82 Å². The lowest BCUT2D eigenvalue weighted by Crippen LogP contribution is -2.25. The number of anilines is 1. The number of aromatic nitrogens is 2. The zero-order chi connectivity index (χ0) is 12.8. The highest BCUT2D eigenvalue weighted by Crippen LogP contribution is 2.12. The fraction of sp³-hybridized carbons (Fsp3) is 0.545. The van der Waals surface area contributed by atoms with Crippen LogP contribution in [0.1, 0.15) is 20.3 Å². The maximum absolute atomic E-state index is 12.5. The second-order valence-electron chi connectivity index (χ2n) is 4.27. The van der Waals surface area contributed by atoms with Crippen molar-refractivity contribution >= 4 is 11.9 Å². The van der Waals surface area contributed by atoms with Crippen LogP contribution in [0.3, 0.4) is 0 Å². The van der Waals surface area contributed by atoms with Crippen LogP contribution < -0.4 is 5.32 Å². The molecule has 0 spiro atoms. The summed E-state index contributed by atoms with van der Waals surface area (Å²) in [6.45, 7) is 4.16. The molecule has 0 fully saturated rings. The molecule has 1 atom stereocenters. The molecule has 0 radical (unpaired) electrons. The smallest absolute Gasteiger partial charge is 0.308 e. The van der Waals surface area contributed by atoms with Gasteiger partial charge in [-0.15, -0.1) is 0 Å². The molecule has 0 amide bonds. The van der Waals surface area contributed by atoms with Crippen molar-refractivity contribution in [1.29, 1.82) is 0 Å². The van der Waals surface area contributed by atoms with E-state index >= 15 is 0 Å². The molecule has 1 aromatic rings. The lowest BCUT2D eigenvalue weighted by Gasteiger charge is -2.15. The molecule has 1 unspecified atom stereocenters. The van der Waals surface area contributed by atoms with Gasteiger partial charge in [0.25, 0.3) is 0 Å². The topological polar surface area (TPSA) is 75.1 Å². The zero-order valence-corrected chi connectivity index (χ0v) is 9.85. The Labute approximate surface area is 99.1 Å². The van der Waals surface area contributed by atoms with E-state index in [1.807, 2.05) is 13.8 Å². The Balaban J connectivity index is 2.51. The van der Waals surface area contributed by atoms with Gasteiger partial charge < -0.3 is 10.4 Å². The Bertz CT molecular complexity index is 367. The van der Waals surface area contributed by atoms with E-state index in [1.54, 1.807) is 0 Å². The van der Waals surface area contributed by atoms with Crippen molar-refractivity contribution in [3.05, 3.63) is 18.2 Å². The van der Waals surface area contributed by atoms with Gasteiger partial charge in [0.05, 0.1) is 18.3 Å². The van der Waals surface area contributed by atoms with Crippen LogP contribution in [0.2, 0.25) is 0 Å². The molecule has 1 rings (SSSR count). The first-order valence-electron chi connectivity index (χ1n) is 5.43. The fourth-order valence-electron chi connectivity index (χ4n) is 1.46. The molecule has 0 aliphatic heterocycles. The van der Waals surface area contributed by atoms with Crippen molar-refractivity contribution in [3.8, 4) is 0 Å². The van der Waals surface area contributed by atoms with Crippen molar-refractivity contribution < 1.29 is 14.3 Å². The quantitative estimate of drug-likeness (QED) is 0.794. The molecule has 2 N–H and O–H groups in total. The van der Waals surface area contributed by atoms with Crippen molar-refractivity contribution in [2.75, 3.05) is 11.9 Å². The molecule has 94 valence electrons. The second-order valence-corrected chi connectivity index (χ2v) is 4.27. The first-order chi connectivity index (χ1) is 7.99. The molecule has 17 heavy (non-hydrogen) atoms. The minimum Gasteiger partial charge on any atom is -0.481 e. The fourth-order valence-corrected chi connectivity index (χ4v) is 1.46. The minimum absolute atomic E-state index is 0.235. The molecule has 0 aliphatic carbocycles. The number of carbonyl (C=O) groups is 1. The van der Waals surface area contributed by atoms with Gasteiger partial charge in [0.1, 0.15) is 0 Å². The largest absolute Gasteiger partial charge is 0.481 e. The Hall–Kier alpha value is -1.72. The van der Waals surface area contributed by atoms with Gasteiger partial charge in [0.2, 0.25) is 5.95 Å². The summed E-state index contributed by atoms with van der Waals surface area (Å²) in [5.74, 6) is -1.34. The van der Waals surface area contributed by atoms with Gasteiger partial charge in [-0.3, -0.25) is 4.79 Å². The first kappa shape index (κ1) is 13.3. The van der Waals surface area contributed by atoms with E-state index in [0.717, 1.165) is 12.4 Å². The summed E-state index contributed by atoms with van der Waals surface area (Å²) in [6.07, 6.45) is 2.64. The molecular formula is C11H16FN3O2. The third kappa shape index (κ3) is 4.76. The number of aliphatic carboxylic acids is 1.